The zero-order valence-electron chi connectivity index (χ0n) is 18.5. The van der Waals surface area contributed by atoms with Gasteiger partial charge in [0.05, 0.1) is 12.7 Å². The Morgan fingerprint density at radius 3 is 2.71 bits per heavy atom. The third-order valence-electron chi connectivity index (χ3n) is 6.02. The summed E-state index contributed by atoms with van der Waals surface area (Å²) in [6.45, 7) is 6.04. The van der Waals surface area contributed by atoms with E-state index in [9.17, 15) is 9.59 Å². The van der Waals surface area contributed by atoms with Gasteiger partial charge in [0.2, 0.25) is 5.91 Å². The minimum absolute atomic E-state index is 0.0455. The van der Waals surface area contributed by atoms with E-state index in [1.807, 2.05) is 11.0 Å². The fraction of sp³-hybridized carbons (Fsp3) is 0.391. The molecule has 3 heterocycles. The Morgan fingerprint density at radius 1 is 1.19 bits per heavy atom. The van der Waals surface area contributed by atoms with Crippen LogP contribution < -0.4 is 0 Å². The Hall–Kier alpha value is -3.42. The van der Waals surface area contributed by atoms with Crippen LogP contribution in [-0.4, -0.2) is 68.8 Å². The van der Waals surface area contributed by atoms with Crippen LogP contribution in [0.5, 0.6) is 0 Å². The molecule has 0 saturated carbocycles. The van der Waals surface area contributed by atoms with Gasteiger partial charge in [-0.2, -0.15) is 0 Å². The van der Waals surface area contributed by atoms with Crippen molar-refractivity contribution in [3.05, 3.63) is 53.0 Å². The summed E-state index contributed by atoms with van der Waals surface area (Å²) in [5.41, 5.74) is 6.14. The van der Waals surface area contributed by atoms with E-state index >= 15 is 0 Å². The van der Waals surface area contributed by atoms with E-state index in [2.05, 4.69) is 41.3 Å². The molecule has 2 aromatic heterocycles. The van der Waals surface area contributed by atoms with Crippen molar-refractivity contribution in [1.29, 1.82) is 0 Å². The quantitative estimate of drug-likeness (QED) is 0.688. The highest BCUT2D eigenvalue weighted by Crippen LogP contribution is 2.32. The molecule has 0 aliphatic carbocycles. The molecule has 3 aromatic rings. The lowest BCUT2D eigenvalue weighted by Gasteiger charge is -2.28. The number of carbonyl (C=O) groups is 2. The number of amides is 2. The van der Waals surface area contributed by atoms with Crippen molar-refractivity contribution in [2.45, 2.75) is 33.2 Å². The molecule has 1 N–H and O–H groups in total. The van der Waals surface area contributed by atoms with Crippen molar-refractivity contribution in [2.75, 3.05) is 27.2 Å². The summed E-state index contributed by atoms with van der Waals surface area (Å²) in [5, 5.41) is 8.77. The summed E-state index contributed by atoms with van der Waals surface area (Å²) in [6, 6.07) is 4.04. The molecule has 0 radical (unpaired) electrons. The fourth-order valence-electron chi connectivity index (χ4n) is 4.11. The van der Waals surface area contributed by atoms with E-state index in [4.69, 9.17) is 0 Å². The first-order valence-corrected chi connectivity index (χ1v) is 10.5. The molecule has 31 heavy (non-hydrogen) atoms. The molecule has 0 spiro atoms. The molecule has 0 atom stereocenters. The number of hydrogen-bond donors (Lipinski definition) is 1. The third kappa shape index (κ3) is 4.10. The number of rotatable bonds is 5. The molecule has 1 aromatic carbocycles. The molecule has 1 aliphatic heterocycles. The van der Waals surface area contributed by atoms with Gasteiger partial charge in [-0.05, 0) is 54.7 Å². The molecule has 1 aliphatic rings. The monoisotopic (exact) mass is 420 g/mol. The molecule has 0 unspecified atom stereocenters. The summed E-state index contributed by atoms with van der Waals surface area (Å²) < 4.78 is 1.68. The summed E-state index contributed by atoms with van der Waals surface area (Å²) in [4.78, 5) is 31.9. The molecule has 2 amide bonds. The highest BCUT2D eigenvalue weighted by molar-refractivity contribution is 6.00. The highest BCUT2D eigenvalue weighted by atomic mass is 16.2. The van der Waals surface area contributed by atoms with Gasteiger partial charge in [-0.1, -0.05) is 11.3 Å². The average molecular weight is 421 g/mol. The second-order valence-corrected chi connectivity index (χ2v) is 8.27. The maximum absolute atomic E-state index is 12.8. The van der Waals surface area contributed by atoms with Gasteiger partial charge < -0.3 is 14.8 Å². The van der Waals surface area contributed by atoms with E-state index < -0.39 is 0 Å². The van der Waals surface area contributed by atoms with Gasteiger partial charge in [-0.25, -0.2) is 0 Å². The number of aromatic nitrogens is 4. The van der Waals surface area contributed by atoms with E-state index in [0.29, 0.717) is 25.2 Å². The lowest BCUT2D eigenvalue weighted by molar-refractivity contribution is -0.131. The van der Waals surface area contributed by atoms with Crippen molar-refractivity contribution < 1.29 is 9.59 Å². The zero-order chi connectivity index (χ0) is 22.1. The summed E-state index contributed by atoms with van der Waals surface area (Å²) in [6.07, 6.45) is 6.84. The van der Waals surface area contributed by atoms with Crippen molar-refractivity contribution in [2.24, 2.45) is 0 Å². The van der Waals surface area contributed by atoms with Crippen LogP contribution in [0.1, 0.15) is 40.0 Å². The maximum Gasteiger partial charge on any atom is 0.269 e. The molecule has 8 nitrogen and oxygen atoms in total. The summed E-state index contributed by atoms with van der Waals surface area (Å²) in [7, 11) is 3.50. The van der Waals surface area contributed by atoms with Crippen LogP contribution in [0.2, 0.25) is 0 Å². The van der Waals surface area contributed by atoms with Crippen LogP contribution >= 0.6 is 0 Å². The predicted molar refractivity (Wildman–Crippen MR) is 120 cm³/mol. The van der Waals surface area contributed by atoms with Gasteiger partial charge in [0, 0.05) is 50.7 Å². The first kappa shape index (κ1) is 20.8. The fourth-order valence-corrected chi connectivity index (χ4v) is 4.11. The molecular formula is C23H28N6O2. The minimum atomic E-state index is -0.0455. The first-order valence-electron chi connectivity index (χ1n) is 10.5. The molecule has 0 fully saturated rings. The zero-order valence-corrected chi connectivity index (χ0v) is 18.5. The molecule has 8 heteroatoms. The van der Waals surface area contributed by atoms with Gasteiger partial charge in [-0.15, -0.1) is 5.10 Å². The number of hydrogen-bond acceptors (Lipinski definition) is 4. The third-order valence-corrected chi connectivity index (χ3v) is 6.02. The Labute approximate surface area is 181 Å². The van der Waals surface area contributed by atoms with Gasteiger partial charge in [-0.3, -0.25) is 14.3 Å². The van der Waals surface area contributed by atoms with Crippen LogP contribution in [0, 0.1) is 13.8 Å². The number of carbonyl (C=O) groups excluding carboxylic acids is 2. The number of aryl methyl sites for hydroxylation is 2. The maximum atomic E-state index is 12.8. The summed E-state index contributed by atoms with van der Waals surface area (Å²) >= 11 is 0. The number of nitrogens with one attached hydrogen (secondary N) is 1. The average Bonchev–Trinajstić information content (AvgIpc) is 3.44. The van der Waals surface area contributed by atoms with Gasteiger partial charge in [0.1, 0.15) is 5.69 Å². The number of fused-ring (bicyclic) bond motifs is 1. The van der Waals surface area contributed by atoms with Crippen molar-refractivity contribution >= 4 is 28.3 Å². The standard InChI is InChI=1S/C23H28N6O2/c1-15-16(2)19-13-21(23(31)27(3)4)25-20(19)12-18(15)17-6-5-9-28(14-17)22(30)7-10-29-11-8-24-26-29/h6,8,11-13,25H,5,7,9-10,14H2,1-4H3. The van der Waals surface area contributed by atoms with Crippen molar-refractivity contribution in [3.8, 4) is 0 Å². The van der Waals surface area contributed by atoms with E-state index in [-0.39, 0.29) is 11.8 Å². The van der Waals surface area contributed by atoms with Crippen LogP contribution in [0.25, 0.3) is 16.5 Å². The van der Waals surface area contributed by atoms with Gasteiger partial charge in [0.25, 0.3) is 5.91 Å². The molecular weight excluding hydrogens is 392 g/mol. The second-order valence-electron chi connectivity index (χ2n) is 8.27. The van der Waals surface area contributed by atoms with Crippen LogP contribution in [0.4, 0.5) is 0 Å². The van der Waals surface area contributed by atoms with E-state index in [1.165, 1.54) is 5.56 Å². The van der Waals surface area contributed by atoms with Gasteiger partial charge in [0.15, 0.2) is 0 Å². The Morgan fingerprint density at radius 2 is 2.00 bits per heavy atom. The lowest BCUT2D eigenvalue weighted by Crippen LogP contribution is -2.36. The summed E-state index contributed by atoms with van der Waals surface area (Å²) in [5.74, 6) is 0.0751. The Balaban J connectivity index is 1.57. The molecule has 0 saturated heterocycles. The Kier molecular flexibility index (Phi) is 5.63. The van der Waals surface area contributed by atoms with Gasteiger partial charge >= 0.3 is 0 Å². The van der Waals surface area contributed by atoms with E-state index in [0.717, 1.165) is 40.6 Å². The topological polar surface area (TPSA) is 87.1 Å². The first-order chi connectivity index (χ1) is 14.8. The Bertz CT molecular complexity index is 1160. The second kappa shape index (κ2) is 8.37. The number of benzene rings is 1. The van der Waals surface area contributed by atoms with Crippen molar-refractivity contribution in [1.82, 2.24) is 29.8 Å². The lowest BCUT2D eigenvalue weighted by atomic mass is 9.92. The normalized spacial score (nSPS) is 14.1. The number of aromatic amines is 1. The predicted octanol–water partition coefficient (Wildman–Crippen LogP) is 2.78. The molecule has 4 rings (SSSR count). The number of H-pyrrole nitrogens is 1. The van der Waals surface area contributed by atoms with Crippen LogP contribution in [0.15, 0.2) is 30.6 Å². The SMILES string of the molecule is Cc1c(C2=CCCN(C(=O)CCn3ccnn3)C2)cc2[nH]c(C(=O)N(C)C)cc2c1C. The van der Waals surface area contributed by atoms with E-state index in [1.54, 1.807) is 36.1 Å². The molecule has 162 valence electrons. The van der Waals surface area contributed by atoms with Crippen LogP contribution in [-0.2, 0) is 11.3 Å². The van der Waals surface area contributed by atoms with Crippen LogP contribution in [0.3, 0.4) is 0 Å². The molecule has 0 bridgehead atoms. The minimum Gasteiger partial charge on any atom is -0.350 e. The number of nitrogens with zero attached hydrogens (tertiary/aromatic N) is 5. The van der Waals surface area contributed by atoms with Crippen molar-refractivity contribution in [3.63, 3.8) is 0 Å². The smallest absolute Gasteiger partial charge is 0.269 e. The largest absolute Gasteiger partial charge is 0.350 e. The highest BCUT2D eigenvalue weighted by Gasteiger charge is 2.22.